The lowest BCUT2D eigenvalue weighted by atomic mass is 10.1. The molecule has 1 rings (SSSR count). The summed E-state index contributed by atoms with van der Waals surface area (Å²) in [5.41, 5.74) is 6.50. The summed E-state index contributed by atoms with van der Waals surface area (Å²) >= 11 is 0.541. The van der Waals surface area contributed by atoms with E-state index in [4.69, 9.17) is 5.73 Å². The van der Waals surface area contributed by atoms with Crippen LogP contribution in [0, 0.1) is 0 Å². The van der Waals surface area contributed by atoms with Gasteiger partial charge in [-0.05, 0) is 24.6 Å². The molecule has 0 aliphatic rings. The van der Waals surface area contributed by atoms with Gasteiger partial charge >= 0.3 is 0 Å². The molecule has 0 aliphatic carbocycles. The van der Waals surface area contributed by atoms with Crippen LogP contribution in [0.5, 0.6) is 0 Å². The molecule has 0 aliphatic heterocycles. The molecular formula is C9H11F2NS. The number of nitrogens with two attached hydrogens (primary N) is 1. The van der Waals surface area contributed by atoms with Crippen molar-refractivity contribution in [3.8, 4) is 0 Å². The maximum Gasteiger partial charge on any atom is 0.288 e. The average molecular weight is 203 g/mol. The van der Waals surface area contributed by atoms with Crippen LogP contribution in [-0.2, 0) is 0 Å². The summed E-state index contributed by atoms with van der Waals surface area (Å²) in [6.07, 6.45) is 0. The minimum absolute atomic E-state index is 0.113. The third-order valence-electron chi connectivity index (χ3n) is 1.61. The summed E-state index contributed by atoms with van der Waals surface area (Å²) in [5.74, 6) is -2.37. The van der Waals surface area contributed by atoms with Gasteiger partial charge in [0.15, 0.2) is 0 Å². The molecule has 1 nitrogen and oxygen atoms in total. The van der Waals surface area contributed by atoms with Crippen LogP contribution in [0.25, 0.3) is 0 Å². The van der Waals surface area contributed by atoms with Crippen LogP contribution in [0.2, 0.25) is 0 Å². The Kier molecular flexibility index (Phi) is 3.69. The highest BCUT2D eigenvalue weighted by Gasteiger charge is 2.06. The monoisotopic (exact) mass is 203 g/mol. The molecular weight excluding hydrogens is 192 g/mol. The van der Waals surface area contributed by atoms with Gasteiger partial charge in [-0.3, -0.25) is 0 Å². The first-order valence-electron chi connectivity index (χ1n) is 3.90. The van der Waals surface area contributed by atoms with Crippen molar-refractivity contribution < 1.29 is 8.78 Å². The number of thioether (sulfide) groups is 1. The second kappa shape index (κ2) is 4.58. The smallest absolute Gasteiger partial charge is 0.288 e. The number of alkyl halides is 2. The van der Waals surface area contributed by atoms with E-state index in [1.807, 2.05) is 13.0 Å². The van der Waals surface area contributed by atoms with Crippen molar-refractivity contribution >= 4 is 11.8 Å². The molecule has 1 aromatic carbocycles. The van der Waals surface area contributed by atoms with Crippen molar-refractivity contribution in [2.45, 2.75) is 23.6 Å². The lowest BCUT2D eigenvalue weighted by Crippen LogP contribution is -2.04. The summed E-state index contributed by atoms with van der Waals surface area (Å²) in [4.78, 5) is 0.560. The van der Waals surface area contributed by atoms with E-state index >= 15 is 0 Å². The molecule has 0 saturated heterocycles. The van der Waals surface area contributed by atoms with Gasteiger partial charge in [-0.1, -0.05) is 23.9 Å². The number of hydrogen-bond acceptors (Lipinski definition) is 2. The van der Waals surface area contributed by atoms with Crippen LogP contribution in [-0.4, -0.2) is 5.76 Å². The lowest BCUT2D eigenvalue weighted by Gasteiger charge is -2.07. The fourth-order valence-electron chi connectivity index (χ4n) is 0.974. The first-order chi connectivity index (χ1) is 6.09. The van der Waals surface area contributed by atoms with E-state index in [-0.39, 0.29) is 6.04 Å². The van der Waals surface area contributed by atoms with E-state index in [0.717, 1.165) is 5.56 Å². The first kappa shape index (κ1) is 10.5. The molecule has 4 heteroatoms. The van der Waals surface area contributed by atoms with Crippen molar-refractivity contribution in [3.05, 3.63) is 29.8 Å². The van der Waals surface area contributed by atoms with Gasteiger partial charge in [-0.2, -0.15) is 8.78 Å². The maximum atomic E-state index is 12.0. The van der Waals surface area contributed by atoms with E-state index in [1.165, 1.54) is 0 Å². The summed E-state index contributed by atoms with van der Waals surface area (Å²) in [6.45, 7) is 1.83. The molecule has 72 valence electrons. The van der Waals surface area contributed by atoms with Gasteiger partial charge in [-0.25, -0.2) is 0 Å². The standard InChI is InChI=1S/C9H11F2NS/c1-6(12)7-3-2-4-8(5-7)13-9(10)11/h2-6,9H,12H2,1H3/t6-/m1/s1. The number of halogens is 2. The van der Waals surface area contributed by atoms with Gasteiger partial charge in [0.25, 0.3) is 5.76 Å². The van der Waals surface area contributed by atoms with Crippen LogP contribution in [0.4, 0.5) is 8.78 Å². The van der Waals surface area contributed by atoms with E-state index in [9.17, 15) is 8.78 Å². The summed E-state index contributed by atoms with van der Waals surface area (Å²) in [6, 6.07) is 6.81. The average Bonchev–Trinajstić information content (AvgIpc) is 2.03. The normalized spacial score (nSPS) is 13.3. The minimum Gasteiger partial charge on any atom is -0.324 e. The Balaban J connectivity index is 2.79. The molecule has 2 N–H and O–H groups in total. The molecule has 0 fully saturated rings. The number of rotatable bonds is 3. The molecule has 0 saturated carbocycles. The Morgan fingerprint density at radius 2 is 2.08 bits per heavy atom. The van der Waals surface area contributed by atoms with Crippen molar-refractivity contribution in [1.82, 2.24) is 0 Å². The Hall–Kier alpha value is -0.610. The zero-order valence-electron chi connectivity index (χ0n) is 7.21. The third kappa shape index (κ3) is 3.32. The highest BCUT2D eigenvalue weighted by atomic mass is 32.2. The van der Waals surface area contributed by atoms with Gasteiger partial charge < -0.3 is 5.73 Å². The quantitative estimate of drug-likeness (QED) is 0.764. The van der Waals surface area contributed by atoms with E-state index < -0.39 is 5.76 Å². The van der Waals surface area contributed by atoms with Crippen molar-refractivity contribution in [1.29, 1.82) is 0 Å². The van der Waals surface area contributed by atoms with Crippen LogP contribution < -0.4 is 5.73 Å². The second-order valence-electron chi connectivity index (χ2n) is 2.74. The predicted octanol–water partition coefficient (Wildman–Crippen LogP) is 3.02. The van der Waals surface area contributed by atoms with Crippen LogP contribution in [0.3, 0.4) is 0 Å². The van der Waals surface area contributed by atoms with Crippen molar-refractivity contribution in [3.63, 3.8) is 0 Å². The maximum absolute atomic E-state index is 12.0. The minimum atomic E-state index is -2.37. The number of hydrogen-bond donors (Lipinski definition) is 1. The third-order valence-corrected chi connectivity index (χ3v) is 2.31. The van der Waals surface area contributed by atoms with Crippen molar-refractivity contribution in [2.24, 2.45) is 5.73 Å². The SMILES string of the molecule is C[C@@H](N)c1cccc(SC(F)F)c1. The van der Waals surface area contributed by atoms with Crippen molar-refractivity contribution in [2.75, 3.05) is 0 Å². The van der Waals surface area contributed by atoms with Gasteiger partial charge in [0, 0.05) is 10.9 Å². The van der Waals surface area contributed by atoms with Crippen LogP contribution in [0.15, 0.2) is 29.2 Å². The summed E-state index contributed by atoms with van der Waals surface area (Å²) in [5, 5.41) is 0. The van der Waals surface area contributed by atoms with Crippen LogP contribution in [0.1, 0.15) is 18.5 Å². The zero-order chi connectivity index (χ0) is 9.84. The lowest BCUT2D eigenvalue weighted by molar-refractivity contribution is 0.252. The molecule has 0 amide bonds. The highest BCUT2D eigenvalue weighted by molar-refractivity contribution is 7.99. The Morgan fingerprint density at radius 1 is 1.38 bits per heavy atom. The molecule has 1 aromatic rings. The molecule has 1 atom stereocenters. The highest BCUT2D eigenvalue weighted by Crippen LogP contribution is 2.26. The summed E-state index contributed by atoms with van der Waals surface area (Å²) in [7, 11) is 0. The molecule has 0 heterocycles. The summed E-state index contributed by atoms with van der Waals surface area (Å²) < 4.78 is 24.0. The fourth-order valence-corrected chi connectivity index (χ4v) is 1.54. The Bertz CT molecular complexity index is 276. The molecule has 0 unspecified atom stereocenters. The predicted molar refractivity (Wildman–Crippen MR) is 50.9 cm³/mol. The van der Waals surface area contributed by atoms with E-state index in [0.29, 0.717) is 16.7 Å². The molecule has 13 heavy (non-hydrogen) atoms. The molecule has 0 aromatic heterocycles. The van der Waals surface area contributed by atoms with E-state index in [2.05, 4.69) is 0 Å². The molecule has 0 radical (unpaired) electrons. The van der Waals surface area contributed by atoms with Gasteiger partial charge in [0.1, 0.15) is 0 Å². The fraction of sp³-hybridized carbons (Fsp3) is 0.333. The van der Waals surface area contributed by atoms with Crippen LogP contribution >= 0.6 is 11.8 Å². The zero-order valence-corrected chi connectivity index (χ0v) is 8.02. The molecule has 0 spiro atoms. The Morgan fingerprint density at radius 3 is 2.62 bits per heavy atom. The van der Waals surface area contributed by atoms with Gasteiger partial charge in [0.05, 0.1) is 0 Å². The largest absolute Gasteiger partial charge is 0.324 e. The molecule has 0 bridgehead atoms. The first-order valence-corrected chi connectivity index (χ1v) is 4.78. The van der Waals surface area contributed by atoms with Gasteiger partial charge in [0.2, 0.25) is 0 Å². The van der Waals surface area contributed by atoms with E-state index in [1.54, 1.807) is 18.2 Å². The topological polar surface area (TPSA) is 26.0 Å². The second-order valence-corrected chi connectivity index (χ2v) is 3.80. The van der Waals surface area contributed by atoms with Gasteiger partial charge in [-0.15, -0.1) is 0 Å². The number of benzene rings is 1. The Labute approximate surface area is 80.3 Å².